The lowest BCUT2D eigenvalue weighted by molar-refractivity contribution is -0.148. The van der Waals surface area contributed by atoms with E-state index in [1.807, 2.05) is 18.7 Å². The quantitative estimate of drug-likeness (QED) is 0.800. The molecule has 1 aliphatic rings. The maximum Gasteiger partial charge on any atom is 0.401 e. The van der Waals surface area contributed by atoms with Gasteiger partial charge < -0.3 is 10.6 Å². The summed E-state index contributed by atoms with van der Waals surface area (Å²) in [6.45, 7) is 8.90. The fraction of sp³-hybridized carbons (Fsp3) is 0.692. The second kappa shape index (κ2) is 6.32. The first-order chi connectivity index (χ1) is 8.74. The molecule has 0 unspecified atom stereocenters. The Balaban J connectivity index is 2.53. The normalized spacial score (nSPS) is 19.3. The SMILES string of the molecule is C=C(/C(N)=C(\C)CC)N1CCN(CC(F)(F)F)CC1. The zero-order valence-corrected chi connectivity index (χ0v) is 11.6. The Labute approximate surface area is 112 Å². The standard InChI is InChI=1S/C13H22F3N3/c1-4-10(2)12(17)11(3)19-7-5-18(6-8-19)9-13(14,15)16/h3-9,17H2,1-2H3/b12-10-. The number of alkyl halides is 3. The van der Waals surface area contributed by atoms with Crippen molar-refractivity contribution >= 4 is 0 Å². The number of halogens is 3. The maximum absolute atomic E-state index is 12.3. The minimum atomic E-state index is -4.13. The van der Waals surface area contributed by atoms with Crippen molar-refractivity contribution in [2.24, 2.45) is 5.73 Å². The van der Waals surface area contributed by atoms with Gasteiger partial charge in [0.15, 0.2) is 0 Å². The van der Waals surface area contributed by atoms with E-state index in [0.29, 0.717) is 31.9 Å². The van der Waals surface area contributed by atoms with Crippen molar-refractivity contribution in [3.05, 3.63) is 23.5 Å². The summed E-state index contributed by atoms with van der Waals surface area (Å²) in [5.41, 5.74) is 8.43. The highest BCUT2D eigenvalue weighted by atomic mass is 19.4. The van der Waals surface area contributed by atoms with E-state index in [-0.39, 0.29) is 0 Å². The van der Waals surface area contributed by atoms with Gasteiger partial charge in [-0.25, -0.2) is 0 Å². The summed E-state index contributed by atoms with van der Waals surface area (Å²) >= 11 is 0. The van der Waals surface area contributed by atoms with Crippen LogP contribution in [-0.4, -0.2) is 48.7 Å². The summed E-state index contributed by atoms with van der Waals surface area (Å²) < 4.78 is 36.8. The van der Waals surface area contributed by atoms with E-state index in [0.717, 1.165) is 17.7 Å². The smallest absolute Gasteiger partial charge is 0.397 e. The summed E-state index contributed by atoms with van der Waals surface area (Å²) in [5.74, 6) is 0. The van der Waals surface area contributed by atoms with Gasteiger partial charge in [0.2, 0.25) is 0 Å². The van der Waals surface area contributed by atoms with Crippen LogP contribution in [0.25, 0.3) is 0 Å². The number of nitrogens with zero attached hydrogens (tertiary/aromatic N) is 2. The fourth-order valence-electron chi connectivity index (χ4n) is 2.04. The third-order valence-corrected chi connectivity index (χ3v) is 3.46. The molecule has 6 heteroatoms. The van der Waals surface area contributed by atoms with Crippen LogP contribution in [0.1, 0.15) is 20.3 Å². The zero-order chi connectivity index (χ0) is 14.6. The molecule has 1 aliphatic heterocycles. The van der Waals surface area contributed by atoms with Crippen molar-refractivity contribution in [3.8, 4) is 0 Å². The first-order valence-corrected chi connectivity index (χ1v) is 6.43. The van der Waals surface area contributed by atoms with Gasteiger partial charge in [-0.15, -0.1) is 0 Å². The molecule has 0 aliphatic carbocycles. The molecule has 1 rings (SSSR count). The van der Waals surface area contributed by atoms with Crippen LogP contribution in [0.3, 0.4) is 0 Å². The number of allylic oxidation sites excluding steroid dienone is 1. The van der Waals surface area contributed by atoms with Crippen LogP contribution in [0, 0.1) is 0 Å². The lowest BCUT2D eigenvalue weighted by Crippen LogP contribution is -2.49. The average Bonchev–Trinajstić information content (AvgIpc) is 2.35. The molecule has 0 aromatic carbocycles. The van der Waals surface area contributed by atoms with Gasteiger partial charge in [-0.3, -0.25) is 4.90 Å². The Bertz CT molecular complexity index is 353. The van der Waals surface area contributed by atoms with Crippen molar-refractivity contribution < 1.29 is 13.2 Å². The Kier molecular flexibility index (Phi) is 5.29. The summed E-state index contributed by atoms with van der Waals surface area (Å²) in [6.07, 6.45) is -3.28. The first-order valence-electron chi connectivity index (χ1n) is 6.43. The van der Waals surface area contributed by atoms with Crippen molar-refractivity contribution in [1.82, 2.24) is 9.80 Å². The Morgan fingerprint density at radius 3 is 2.16 bits per heavy atom. The molecule has 0 amide bonds. The van der Waals surface area contributed by atoms with Gasteiger partial charge in [-0.2, -0.15) is 13.2 Å². The van der Waals surface area contributed by atoms with Gasteiger partial charge >= 0.3 is 6.18 Å². The van der Waals surface area contributed by atoms with Crippen LogP contribution >= 0.6 is 0 Å². The topological polar surface area (TPSA) is 32.5 Å². The molecule has 19 heavy (non-hydrogen) atoms. The van der Waals surface area contributed by atoms with E-state index in [1.165, 1.54) is 4.90 Å². The van der Waals surface area contributed by atoms with E-state index in [4.69, 9.17) is 5.73 Å². The molecule has 0 saturated carbocycles. The highest BCUT2D eigenvalue weighted by Crippen LogP contribution is 2.20. The highest BCUT2D eigenvalue weighted by molar-refractivity contribution is 5.29. The van der Waals surface area contributed by atoms with E-state index in [2.05, 4.69) is 6.58 Å². The van der Waals surface area contributed by atoms with Crippen LogP contribution in [0.5, 0.6) is 0 Å². The molecule has 0 spiro atoms. The monoisotopic (exact) mass is 277 g/mol. The summed E-state index contributed by atoms with van der Waals surface area (Å²) in [5, 5.41) is 0. The van der Waals surface area contributed by atoms with Crippen molar-refractivity contribution in [2.45, 2.75) is 26.4 Å². The fourth-order valence-corrected chi connectivity index (χ4v) is 2.04. The lowest BCUT2D eigenvalue weighted by atomic mass is 10.1. The predicted molar refractivity (Wildman–Crippen MR) is 70.4 cm³/mol. The molecular formula is C13H22F3N3. The molecule has 110 valence electrons. The number of rotatable bonds is 4. The van der Waals surface area contributed by atoms with Gasteiger partial charge in [-0.1, -0.05) is 13.5 Å². The molecule has 0 aromatic rings. The Morgan fingerprint density at radius 2 is 1.74 bits per heavy atom. The third-order valence-electron chi connectivity index (χ3n) is 3.46. The average molecular weight is 277 g/mol. The lowest BCUT2D eigenvalue weighted by Gasteiger charge is -2.37. The van der Waals surface area contributed by atoms with E-state index >= 15 is 0 Å². The van der Waals surface area contributed by atoms with Gasteiger partial charge in [0.25, 0.3) is 0 Å². The van der Waals surface area contributed by atoms with Crippen LogP contribution in [-0.2, 0) is 0 Å². The molecule has 2 N–H and O–H groups in total. The highest BCUT2D eigenvalue weighted by Gasteiger charge is 2.32. The zero-order valence-electron chi connectivity index (χ0n) is 11.6. The minimum Gasteiger partial charge on any atom is -0.397 e. The minimum absolute atomic E-state index is 0.386. The predicted octanol–water partition coefficient (Wildman–Crippen LogP) is 2.32. The van der Waals surface area contributed by atoms with Crippen LogP contribution < -0.4 is 5.73 Å². The van der Waals surface area contributed by atoms with Crippen molar-refractivity contribution in [2.75, 3.05) is 32.7 Å². The Hall–Kier alpha value is -1.17. The van der Waals surface area contributed by atoms with Crippen LogP contribution in [0.4, 0.5) is 13.2 Å². The van der Waals surface area contributed by atoms with E-state index in [9.17, 15) is 13.2 Å². The van der Waals surface area contributed by atoms with E-state index in [1.54, 1.807) is 0 Å². The van der Waals surface area contributed by atoms with E-state index < -0.39 is 12.7 Å². The second-order valence-electron chi connectivity index (χ2n) is 4.87. The Morgan fingerprint density at radius 1 is 1.21 bits per heavy atom. The molecule has 1 fully saturated rings. The summed E-state index contributed by atoms with van der Waals surface area (Å²) in [6, 6.07) is 0. The van der Waals surface area contributed by atoms with Crippen LogP contribution in [0.15, 0.2) is 23.5 Å². The number of hydrogen-bond donors (Lipinski definition) is 1. The largest absolute Gasteiger partial charge is 0.401 e. The maximum atomic E-state index is 12.3. The molecule has 0 bridgehead atoms. The molecule has 0 atom stereocenters. The molecule has 0 radical (unpaired) electrons. The van der Waals surface area contributed by atoms with Gasteiger partial charge in [0.05, 0.1) is 17.9 Å². The number of nitrogens with two attached hydrogens (primary N) is 1. The van der Waals surface area contributed by atoms with Crippen molar-refractivity contribution in [1.29, 1.82) is 0 Å². The van der Waals surface area contributed by atoms with Crippen LogP contribution in [0.2, 0.25) is 0 Å². The number of piperazine rings is 1. The molecule has 3 nitrogen and oxygen atoms in total. The molecule has 1 saturated heterocycles. The van der Waals surface area contributed by atoms with Gasteiger partial charge in [0.1, 0.15) is 0 Å². The first kappa shape index (κ1) is 15.9. The van der Waals surface area contributed by atoms with Crippen molar-refractivity contribution in [3.63, 3.8) is 0 Å². The molecule has 1 heterocycles. The molecule has 0 aromatic heterocycles. The van der Waals surface area contributed by atoms with Gasteiger partial charge in [0, 0.05) is 26.2 Å². The third kappa shape index (κ3) is 4.78. The molecular weight excluding hydrogens is 255 g/mol. The summed E-state index contributed by atoms with van der Waals surface area (Å²) in [4.78, 5) is 3.37. The second-order valence-corrected chi connectivity index (χ2v) is 4.87. The van der Waals surface area contributed by atoms with Gasteiger partial charge in [-0.05, 0) is 18.9 Å². The number of hydrogen-bond acceptors (Lipinski definition) is 3. The summed E-state index contributed by atoms with van der Waals surface area (Å²) in [7, 11) is 0.